The number of anilines is 1. The third kappa shape index (κ3) is 5.24. The number of piperidine rings is 1. The van der Waals surface area contributed by atoms with Crippen molar-refractivity contribution >= 4 is 11.3 Å². The van der Waals surface area contributed by atoms with Crippen LogP contribution in [0.3, 0.4) is 0 Å². The second-order valence-electron chi connectivity index (χ2n) is 13.1. The average Bonchev–Trinajstić information content (AvgIpc) is 3.46. The molecule has 3 saturated heterocycles. The number of allylic oxidation sites excluding steroid dienone is 1. The van der Waals surface area contributed by atoms with E-state index in [4.69, 9.17) is 10.7 Å². The maximum absolute atomic E-state index is 9.82. The van der Waals surface area contributed by atoms with Gasteiger partial charge >= 0.3 is 0 Å². The molecule has 2 unspecified atom stereocenters. The van der Waals surface area contributed by atoms with Gasteiger partial charge < -0.3 is 10.6 Å². The number of aryl methyl sites for hydroxylation is 2. The molecule has 8 heteroatoms. The van der Waals surface area contributed by atoms with E-state index in [-0.39, 0.29) is 5.41 Å². The number of aromatic nitrogens is 4. The van der Waals surface area contributed by atoms with E-state index < -0.39 is 0 Å². The van der Waals surface area contributed by atoms with Crippen molar-refractivity contribution in [2.24, 2.45) is 11.1 Å². The first-order chi connectivity index (χ1) is 21.5. The lowest BCUT2D eigenvalue weighted by molar-refractivity contribution is -0.00875. The summed E-state index contributed by atoms with van der Waals surface area (Å²) in [6, 6.07) is 14.3. The highest BCUT2D eigenvalue weighted by atomic mass is 15.4. The highest BCUT2D eigenvalue weighted by Gasteiger charge is 2.44. The van der Waals surface area contributed by atoms with Gasteiger partial charge in [0.25, 0.3) is 0 Å². The Hall–Kier alpha value is -4.22. The van der Waals surface area contributed by atoms with Gasteiger partial charge in [0, 0.05) is 78.2 Å². The Morgan fingerprint density at radius 3 is 2.55 bits per heavy atom. The van der Waals surface area contributed by atoms with Crippen LogP contribution in [0.4, 0.5) is 5.82 Å². The molecule has 44 heavy (non-hydrogen) atoms. The smallest absolute Gasteiger partial charge is 0.128 e. The Morgan fingerprint density at radius 1 is 1.07 bits per heavy atom. The molecule has 8 rings (SSSR count). The summed E-state index contributed by atoms with van der Waals surface area (Å²) in [6.07, 6.45) is 17.8. The summed E-state index contributed by atoms with van der Waals surface area (Å²) in [6.45, 7) is 9.16. The summed E-state index contributed by atoms with van der Waals surface area (Å²) >= 11 is 0. The van der Waals surface area contributed by atoms with Gasteiger partial charge in [-0.25, -0.2) is 9.50 Å². The van der Waals surface area contributed by atoms with Crippen LogP contribution < -0.4 is 10.6 Å². The molecule has 1 aliphatic carbocycles. The number of nitriles is 1. The Morgan fingerprint density at radius 2 is 1.91 bits per heavy atom. The molecule has 4 aromatic rings. The largest absolute Gasteiger partial charge is 0.402 e. The summed E-state index contributed by atoms with van der Waals surface area (Å²) in [5, 5.41) is 14.3. The lowest BCUT2D eigenvalue weighted by Gasteiger charge is -2.56. The molecule has 3 aliphatic heterocycles. The summed E-state index contributed by atoms with van der Waals surface area (Å²) in [7, 11) is 0. The molecule has 0 spiro atoms. The van der Waals surface area contributed by atoms with Crippen LogP contribution in [0.5, 0.6) is 0 Å². The van der Waals surface area contributed by atoms with Crippen molar-refractivity contribution in [1.82, 2.24) is 24.5 Å². The Labute approximate surface area is 260 Å². The predicted molar refractivity (Wildman–Crippen MR) is 174 cm³/mol. The van der Waals surface area contributed by atoms with Crippen molar-refractivity contribution in [3.05, 3.63) is 89.8 Å². The van der Waals surface area contributed by atoms with Gasteiger partial charge in [-0.1, -0.05) is 32.4 Å². The van der Waals surface area contributed by atoms with Gasteiger partial charge in [-0.15, -0.1) is 0 Å². The molecule has 7 heterocycles. The second kappa shape index (κ2) is 11.7. The molecule has 2 N–H and O–H groups in total. The molecule has 226 valence electrons. The van der Waals surface area contributed by atoms with E-state index in [1.165, 1.54) is 36.8 Å². The van der Waals surface area contributed by atoms with Gasteiger partial charge in [-0.05, 0) is 80.3 Å². The van der Waals surface area contributed by atoms with Gasteiger partial charge in [0.05, 0.1) is 17.3 Å². The number of pyridine rings is 3. The monoisotopic (exact) mass is 586 g/mol. The van der Waals surface area contributed by atoms with Gasteiger partial charge in [0.15, 0.2) is 0 Å². The number of piperazine rings is 1. The fraction of sp³-hybridized carbons (Fsp3) is 0.444. The molecular weight excluding hydrogens is 544 g/mol. The molecule has 8 nitrogen and oxygen atoms in total. The summed E-state index contributed by atoms with van der Waals surface area (Å²) in [4.78, 5) is 14.6. The number of hydrogen-bond donors (Lipinski definition) is 1. The minimum absolute atomic E-state index is 0.164. The van der Waals surface area contributed by atoms with Crippen molar-refractivity contribution in [3.63, 3.8) is 0 Å². The zero-order chi connectivity index (χ0) is 30.3. The Bertz CT molecular complexity index is 1680. The van der Waals surface area contributed by atoms with Crippen molar-refractivity contribution < 1.29 is 0 Å². The molecule has 4 fully saturated rings. The SMILES string of the molecule is C=C(N)C1(CCCCc2cc(-c3ccc(N4CC5CC(C4)N5Cc4ccc(CC)nc4)nc3)c3c(C#N)cnn3c2)CCC1. The molecule has 2 atom stereocenters. The van der Waals surface area contributed by atoms with Crippen LogP contribution in [0.15, 0.2) is 67.4 Å². The van der Waals surface area contributed by atoms with Crippen molar-refractivity contribution in [2.75, 3.05) is 18.0 Å². The predicted octanol–water partition coefficient (Wildman–Crippen LogP) is 6.04. The van der Waals surface area contributed by atoms with Crippen LogP contribution in [-0.2, 0) is 19.4 Å². The van der Waals surface area contributed by atoms with E-state index in [1.54, 1.807) is 6.20 Å². The Balaban J connectivity index is 1.04. The molecule has 4 aromatic heterocycles. The molecule has 0 amide bonds. The first kappa shape index (κ1) is 28.5. The zero-order valence-corrected chi connectivity index (χ0v) is 25.8. The average molecular weight is 587 g/mol. The minimum atomic E-state index is 0.164. The maximum atomic E-state index is 9.82. The quantitative estimate of drug-likeness (QED) is 0.214. The van der Waals surface area contributed by atoms with Crippen LogP contribution in [-0.4, -0.2) is 49.7 Å². The fourth-order valence-electron chi connectivity index (χ4n) is 7.58. The lowest BCUT2D eigenvalue weighted by Crippen LogP contribution is -2.68. The van der Waals surface area contributed by atoms with Crippen LogP contribution >= 0.6 is 0 Å². The summed E-state index contributed by atoms with van der Waals surface area (Å²) < 4.78 is 1.87. The van der Waals surface area contributed by atoms with E-state index in [0.29, 0.717) is 17.6 Å². The highest BCUT2D eigenvalue weighted by Crippen LogP contribution is 2.48. The fourth-order valence-corrected chi connectivity index (χ4v) is 7.58. The number of hydrogen-bond acceptors (Lipinski definition) is 7. The van der Waals surface area contributed by atoms with Crippen LogP contribution in [0.2, 0.25) is 0 Å². The summed E-state index contributed by atoms with van der Waals surface area (Å²) in [5.74, 6) is 1.02. The van der Waals surface area contributed by atoms with E-state index in [9.17, 15) is 5.26 Å². The highest BCUT2D eigenvalue weighted by molar-refractivity contribution is 5.84. The standard InChI is InChI=1S/C36H42N8/c1-3-30-10-8-27(18-39-30)21-43-31-16-32(43)24-42(23-31)34-11-9-28(19-40-34)33-15-26(22-44-35(33)29(17-37)20-41-44)7-4-5-12-36(25(2)38)13-6-14-36/h8-11,15,18-20,22,31-32H,2-7,12-14,16,21,23-24,38H2,1H3. The molecule has 4 aliphatic rings. The third-order valence-electron chi connectivity index (χ3n) is 10.5. The van der Waals surface area contributed by atoms with Crippen LogP contribution in [0.25, 0.3) is 16.6 Å². The number of fused-ring (bicyclic) bond motifs is 3. The van der Waals surface area contributed by atoms with Gasteiger partial charge in [0.1, 0.15) is 11.9 Å². The molecule has 0 aromatic carbocycles. The van der Waals surface area contributed by atoms with Crippen LogP contribution in [0.1, 0.15) is 74.3 Å². The minimum Gasteiger partial charge on any atom is -0.402 e. The van der Waals surface area contributed by atoms with Crippen LogP contribution in [0, 0.1) is 16.7 Å². The molecule has 2 bridgehead atoms. The third-order valence-corrected chi connectivity index (χ3v) is 10.5. The number of nitrogens with two attached hydrogens (primary N) is 1. The number of unbranched alkanes of at least 4 members (excludes halogenated alkanes) is 1. The summed E-state index contributed by atoms with van der Waals surface area (Å²) in [5.41, 5.74) is 14.3. The molecule has 1 saturated carbocycles. The van der Waals surface area contributed by atoms with E-state index in [1.807, 2.05) is 16.9 Å². The first-order valence-corrected chi connectivity index (χ1v) is 16.2. The van der Waals surface area contributed by atoms with Crippen molar-refractivity contribution in [2.45, 2.75) is 83.3 Å². The van der Waals surface area contributed by atoms with Gasteiger partial charge in [-0.3, -0.25) is 9.88 Å². The lowest BCUT2D eigenvalue weighted by atomic mass is 9.64. The Kier molecular flexibility index (Phi) is 7.59. The number of nitrogens with zero attached hydrogens (tertiary/aromatic N) is 7. The van der Waals surface area contributed by atoms with Gasteiger partial charge in [0.2, 0.25) is 0 Å². The maximum Gasteiger partial charge on any atom is 0.128 e. The van der Waals surface area contributed by atoms with E-state index in [2.05, 4.69) is 76.0 Å². The van der Waals surface area contributed by atoms with E-state index in [0.717, 1.165) is 85.6 Å². The van der Waals surface area contributed by atoms with Gasteiger partial charge in [-0.2, -0.15) is 10.4 Å². The first-order valence-electron chi connectivity index (χ1n) is 16.2. The van der Waals surface area contributed by atoms with E-state index >= 15 is 0 Å². The number of rotatable bonds is 11. The normalized spacial score (nSPS) is 20.6. The second-order valence-corrected chi connectivity index (χ2v) is 13.1. The van der Waals surface area contributed by atoms with Crippen molar-refractivity contribution in [1.29, 1.82) is 5.26 Å². The topological polar surface area (TPSA) is 99.4 Å². The van der Waals surface area contributed by atoms with Crippen molar-refractivity contribution in [3.8, 4) is 17.2 Å². The zero-order valence-electron chi connectivity index (χ0n) is 25.8. The molecular formula is C36H42N8. The molecule has 0 radical (unpaired) electrons.